The summed E-state index contributed by atoms with van der Waals surface area (Å²) in [5.41, 5.74) is -0.564. The Hall–Kier alpha value is -1.65. The highest BCUT2D eigenvalue weighted by molar-refractivity contribution is 6.01. The van der Waals surface area contributed by atoms with Gasteiger partial charge in [-0.1, -0.05) is 5.16 Å². The molecule has 5 nitrogen and oxygen atoms in total. The van der Waals surface area contributed by atoms with E-state index in [2.05, 4.69) is 5.16 Å². The van der Waals surface area contributed by atoms with Crippen molar-refractivity contribution in [2.45, 2.75) is 25.2 Å². The summed E-state index contributed by atoms with van der Waals surface area (Å²) >= 11 is 0. The van der Waals surface area contributed by atoms with E-state index < -0.39 is 11.4 Å². The zero-order chi connectivity index (χ0) is 10.3. The van der Waals surface area contributed by atoms with Crippen LogP contribution in [0.4, 0.5) is 0 Å². The van der Waals surface area contributed by atoms with E-state index in [1.165, 1.54) is 6.20 Å². The Kier molecular flexibility index (Phi) is 1.70. The molecule has 1 heterocycles. The predicted molar refractivity (Wildman–Crippen MR) is 44.8 cm³/mol. The van der Waals surface area contributed by atoms with Crippen LogP contribution >= 0.6 is 0 Å². The third-order valence-corrected chi connectivity index (χ3v) is 2.67. The summed E-state index contributed by atoms with van der Waals surface area (Å²) < 4.78 is 4.81. The molecule has 74 valence electrons. The number of carboxylic acids is 1. The maximum absolute atomic E-state index is 11.1. The van der Waals surface area contributed by atoms with Crippen LogP contribution < -0.4 is 0 Å². The van der Waals surface area contributed by atoms with Gasteiger partial charge < -0.3 is 9.63 Å². The van der Waals surface area contributed by atoms with Gasteiger partial charge in [0.15, 0.2) is 0 Å². The lowest BCUT2D eigenvalue weighted by Gasteiger charge is -2.35. The molecule has 0 atom stereocenters. The first-order chi connectivity index (χ1) is 6.56. The van der Waals surface area contributed by atoms with Gasteiger partial charge in [0.05, 0.1) is 6.20 Å². The second kappa shape index (κ2) is 2.67. The van der Waals surface area contributed by atoms with E-state index >= 15 is 0 Å². The number of aromatic nitrogens is 1. The summed E-state index contributed by atoms with van der Waals surface area (Å²) in [6.07, 6.45) is 1.48. The minimum atomic E-state index is -1.08. The Morgan fingerprint density at radius 1 is 1.64 bits per heavy atom. The molecule has 1 aliphatic carbocycles. The van der Waals surface area contributed by atoms with E-state index in [-0.39, 0.29) is 18.6 Å². The molecular formula is C9H9NO4. The summed E-state index contributed by atoms with van der Waals surface area (Å²) in [4.78, 5) is 22.0. The van der Waals surface area contributed by atoms with Crippen molar-refractivity contribution < 1.29 is 19.2 Å². The van der Waals surface area contributed by atoms with Crippen LogP contribution in [-0.4, -0.2) is 22.0 Å². The number of Topliss-reactive ketones (excluding diaryl/α,β-unsaturated/α-hetero) is 1. The van der Waals surface area contributed by atoms with Gasteiger partial charge in [0.2, 0.25) is 0 Å². The van der Waals surface area contributed by atoms with Crippen LogP contribution in [0.5, 0.6) is 0 Å². The van der Waals surface area contributed by atoms with Crippen molar-refractivity contribution in [2.24, 2.45) is 0 Å². The van der Waals surface area contributed by atoms with Gasteiger partial charge in [-0.25, -0.2) is 0 Å². The summed E-state index contributed by atoms with van der Waals surface area (Å²) in [5.74, 6) is -0.545. The van der Waals surface area contributed by atoms with Gasteiger partial charge >= 0.3 is 5.97 Å². The number of aryl methyl sites for hydroxylation is 1. The molecule has 14 heavy (non-hydrogen) atoms. The standard InChI is InChI=1S/C9H9NO4/c1-5-7(4-10-14-5)9(8(12)13)2-6(11)3-9/h4H,2-3H2,1H3,(H,12,13). The van der Waals surface area contributed by atoms with Crippen LogP contribution in [0.25, 0.3) is 0 Å². The number of carboxylic acid groups (broad SMARTS) is 1. The quantitative estimate of drug-likeness (QED) is 0.750. The minimum Gasteiger partial charge on any atom is -0.481 e. The van der Waals surface area contributed by atoms with Crippen molar-refractivity contribution in [1.29, 1.82) is 0 Å². The first-order valence-corrected chi connectivity index (χ1v) is 4.23. The van der Waals surface area contributed by atoms with Crippen molar-refractivity contribution in [3.05, 3.63) is 17.5 Å². The Labute approximate surface area is 79.7 Å². The van der Waals surface area contributed by atoms with E-state index in [0.717, 1.165) is 0 Å². The first kappa shape index (κ1) is 8.93. The molecule has 0 spiro atoms. The van der Waals surface area contributed by atoms with Gasteiger partial charge in [-0.05, 0) is 6.92 Å². The third-order valence-electron chi connectivity index (χ3n) is 2.67. The normalized spacial score (nSPS) is 19.1. The molecule has 0 bridgehead atoms. The lowest BCUT2D eigenvalue weighted by molar-refractivity contribution is -0.153. The van der Waals surface area contributed by atoms with E-state index in [0.29, 0.717) is 11.3 Å². The summed E-state index contributed by atoms with van der Waals surface area (Å²) in [5, 5.41) is 12.6. The molecule has 1 aromatic rings. The number of ketones is 1. The van der Waals surface area contributed by atoms with Gasteiger partial charge in [0.1, 0.15) is 17.0 Å². The maximum atomic E-state index is 11.1. The molecule has 1 saturated carbocycles. The molecule has 1 N–H and O–H groups in total. The molecule has 0 amide bonds. The van der Waals surface area contributed by atoms with Crippen LogP contribution in [-0.2, 0) is 15.0 Å². The van der Waals surface area contributed by atoms with Crippen LogP contribution in [0.15, 0.2) is 10.7 Å². The highest BCUT2D eigenvalue weighted by Crippen LogP contribution is 2.42. The van der Waals surface area contributed by atoms with Gasteiger partial charge in [-0.2, -0.15) is 0 Å². The van der Waals surface area contributed by atoms with Crippen LogP contribution in [0.2, 0.25) is 0 Å². The number of carbonyl (C=O) groups excluding carboxylic acids is 1. The number of hydrogen-bond acceptors (Lipinski definition) is 4. The Balaban J connectivity index is 2.44. The second-order valence-electron chi connectivity index (χ2n) is 3.58. The number of aliphatic carboxylic acids is 1. The fraction of sp³-hybridized carbons (Fsp3) is 0.444. The number of carbonyl (C=O) groups is 2. The average Bonchev–Trinajstić information content (AvgIpc) is 2.45. The molecule has 2 rings (SSSR count). The first-order valence-electron chi connectivity index (χ1n) is 4.23. The molecule has 1 aliphatic rings. The van der Waals surface area contributed by atoms with E-state index in [9.17, 15) is 9.59 Å². The number of rotatable bonds is 2. The fourth-order valence-electron chi connectivity index (χ4n) is 1.84. The maximum Gasteiger partial charge on any atom is 0.315 e. The molecule has 0 aliphatic heterocycles. The van der Waals surface area contributed by atoms with Crippen molar-refractivity contribution in [2.75, 3.05) is 0 Å². The molecule has 0 radical (unpaired) electrons. The van der Waals surface area contributed by atoms with Crippen LogP contribution in [0, 0.1) is 6.92 Å². The van der Waals surface area contributed by atoms with Gasteiger partial charge in [0, 0.05) is 18.4 Å². The highest BCUT2D eigenvalue weighted by Gasteiger charge is 2.53. The van der Waals surface area contributed by atoms with Crippen LogP contribution in [0.3, 0.4) is 0 Å². The smallest absolute Gasteiger partial charge is 0.315 e. The molecule has 0 unspecified atom stereocenters. The topological polar surface area (TPSA) is 80.4 Å². The zero-order valence-electron chi connectivity index (χ0n) is 7.61. The van der Waals surface area contributed by atoms with E-state index in [1.807, 2.05) is 0 Å². The largest absolute Gasteiger partial charge is 0.481 e. The summed E-state index contributed by atoms with van der Waals surface area (Å²) in [7, 11) is 0. The van der Waals surface area contributed by atoms with E-state index in [4.69, 9.17) is 9.63 Å². The molecule has 0 aromatic carbocycles. The van der Waals surface area contributed by atoms with Crippen molar-refractivity contribution >= 4 is 11.8 Å². The molecular weight excluding hydrogens is 186 g/mol. The fourth-order valence-corrected chi connectivity index (χ4v) is 1.84. The Bertz CT molecular complexity index is 399. The predicted octanol–water partition coefficient (Wildman–Crippen LogP) is 0.668. The summed E-state index contributed by atoms with van der Waals surface area (Å²) in [6.45, 7) is 1.65. The van der Waals surface area contributed by atoms with Crippen molar-refractivity contribution in [3.8, 4) is 0 Å². The zero-order valence-corrected chi connectivity index (χ0v) is 7.61. The second-order valence-corrected chi connectivity index (χ2v) is 3.58. The molecule has 1 fully saturated rings. The third kappa shape index (κ3) is 0.982. The summed E-state index contributed by atoms with van der Waals surface area (Å²) in [6, 6.07) is 0. The Morgan fingerprint density at radius 2 is 2.29 bits per heavy atom. The Morgan fingerprint density at radius 3 is 2.64 bits per heavy atom. The SMILES string of the molecule is Cc1oncc1C1(C(=O)O)CC(=O)C1. The number of hydrogen-bond donors (Lipinski definition) is 1. The minimum absolute atomic E-state index is 0.0343. The van der Waals surface area contributed by atoms with Crippen molar-refractivity contribution in [1.82, 2.24) is 5.16 Å². The highest BCUT2D eigenvalue weighted by atomic mass is 16.5. The van der Waals surface area contributed by atoms with E-state index in [1.54, 1.807) is 6.92 Å². The molecule has 5 heteroatoms. The molecule has 0 saturated heterocycles. The van der Waals surface area contributed by atoms with Gasteiger partial charge in [-0.3, -0.25) is 9.59 Å². The average molecular weight is 195 g/mol. The lowest BCUT2D eigenvalue weighted by Crippen LogP contribution is -2.48. The van der Waals surface area contributed by atoms with Gasteiger partial charge in [-0.15, -0.1) is 0 Å². The van der Waals surface area contributed by atoms with Crippen molar-refractivity contribution in [3.63, 3.8) is 0 Å². The number of nitrogens with zero attached hydrogens (tertiary/aromatic N) is 1. The monoisotopic (exact) mass is 195 g/mol. The molecule has 1 aromatic heterocycles. The lowest BCUT2D eigenvalue weighted by atomic mass is 9.64. The van der Waals surface area contributed by atoms with Gasteiger partial charge in [0.25, 0.3) is 0 Å². The van der Waals surface area contributed by atoms with Crippen LogP contribution in [0.1, 0.15) is 24.2 Å².